The van der Waals surface area contributed by atoms with E-state index < -0.39 is 36.4 Å². The van der Waals surface area contributed by atoms with Gasteiger partial charge in [-0.3, -0.25) is 19.3 Å². The molecule has 2 aromatic rings. The lowest BCUT2D eigenvalue weighted by Crippen LogP contribution is -2.63. The lowest BCUT2D eigenvalue weighted by molar-refractivity contribution is -0.173. The van der Waals surface area contributed by atoms with Gasteiger partial charge in [0.05, 0.1) is 12.6 Å². The molecule has 0 bridgehead atoms. The summed E-state index contributed by atoms with van der Waals surface area (Å²) in [4.78, 5) is 42.1. The summed E-state index contributed by atoms with van der Waals surface area (Å²) in [6, 6.07) is 8.79. The van der Waals surface area contributed by atoms with E-state index in [0.29, 0.717) is 42.9 Å². The first-order valence-corrected chi connectivity index (χ1v) is 15.8. The van der Waals surface area contributed by atoms with Gasteiger partial charge in [0.15, 0.2) is 0 Å². The third-order valence-corrected chi connectivity index (χ3v) is 9.39. The predicted octanol–water partition coefficient (Wildman–Crippen LogP) is 1.08. The van der Waals surface area contributed by atoms with Gasteiger partial charge in [0.2, 0.25) is 5.91 Å². The number of hydrogen-bond acceptors (Lipinski definition) is 10. The zero-order valence-electron chi connectivity index (χ0n) is 23.8. The summed E-state index contributed by atoms with van der Waals surface area (Å²) in [5.74, 6) is -0.314. The maximum Gasteiger partial charge on any atom is 0.261 e. The minimum atomic E-state index is -1.31. The summed E-state index contributed by atoms with van der Waals surface area (Å²) in [6.07, 6.45) is 0.573. The van der Waals surface area contributed by atoms with Gasteiger partial charge in [-0.1, -0.05) is 12.1 Å². The van der Waals surface area contributed by atoms with Crippen molar-refractivity contribution in [2.24, 2.45) is 0 Å². The van der Waals surface area contributed by atoms with Crippen molar-refractivity contribution >= 4 is 45.9 Å². The number of nitrogens with one attached hydrogen (secondary N) is 2. The second-order valence-corrected chi connectivity index (χ2v) is 12.3. The number of benzene rings is 2. The van der Waals surface area contributed by atoms with Crippen LogP contribution in [0.3, 0.4) is 0 Å². The topological polar surface area (TPSA) is 152 Å². The van der Waals surface area contributed by atoms with Gasteiger partial charge in [-0.05, 0) is 50.4 Å². The second kappa shape index (κ2) is 13.7. The molecule has 5 atom stereocenters. The molecule has 0 aromatic heterocycles. The lowest BCUT2D eigenvalue weighted by Gasteiger charge is -2.42. The summed E-state index contributed by atoms with van der Waals surface area (Å²) in [5, 5.41) is 37.7. The molecule has 2 saturated heterocycles. The maximum absolute atomic E-state index is 13.4. The van der Waals surface area contributed by atoms with E-state index in [1.165, 1.54) is 30.0 Å². The molecule has 0 saturated carbocycles. The van der Waals surface area contributed by atoms with E-state index >= 15 is 0 Å². The Hall–Kier alpha value is -2.74. The molecule has 5 N–H and O–H groups in total. The van der Waals surface area contributed by atoms with Gasteiger partial charge in [0.1, 0.15) is 23.7 Å². The normalized spacial score (nSPS) is 26.1. The van der Waals surface area contributed by atoms with Gasteiger partial charge in [-0.25, -0.2) is 0 Å². The molecular formula is C30H40N4O7S. The minimum absolute atomic E-state index is 0.262. The van der Waals surface area contributed by atoms with Crippen molar-refractivity contribution in [3.63, 3.8) is 0 Å². The molecule has 228 valence electrons. The average molecular weight is 601 g/mol. The van der Waals surface area contributed by atoms with E-state index in [2.05, 4.69) is 15.5 Å². The number of nitrogens with zero attached hydrogens (tertiary/aromatic N) is 2. The molecule has 11 nitrogen and oxygen atoms in total. The number of ether oxygens (including phenoxy) is 1. The molecule has 3 aliphatic rings. The molecule has 3 heterocycles. The quantitative estimate of drug-likeness (QED) is 0.187. The van der Waals surface area contributed by atoms with Crippen molar-refractivity contribution in [2.45, 2.75) is 62.4 Å². The number of amides is 3. The van der Waals surface area contributed by atoms with Crippen LogP contribution in [-0.2, 0) is 9.53 Å². The van der Waals surface area contributed by atoms with Crippen LogP contribution in [0.2, 0.25) is 0 Å². The van der Waals surface area contributed by atoms with E-state index in [-0.39, 0.29) is 17.7 Å². The fraction of sp³-hybridized carbons (Fsp3) is 0.567. The molecule has 12 heteroatoms. The van der Waals surface area contributed by atoms with Gasteiger partial charge in [0.25, 0.3) is 11.8 Å². The molecule has 2 fully saturated rings. The van der Waals surface area contributed by atoms with E-state index in [9.17, 15) is 29.7 Å². The fourth-order valence-electron chi connectivity index (χ4n) is 6.09. The van der Waals surface area contributed by atoms with Crippen LogP contribution in [0.5, 0.6) is 0 Å². The Morgan fingerprint density at radius 2 is 1.76 bits per heavy atom. The van der Waals surface area contributed by atoms with Gasteiger partial charge in [-0.2, -0.15) is 0 Å². The molecule has 3 aliphatic heterocycles. The van der Waals surface area contributed by atoms with E-state index in [1.807, 2.05) is 30.3 Å². The third-order valence-electron chi connectivity index (χ3n) is 8.21. The zero-order valence-corrected chi connectivity index (χ0v) is 24.6. The maximum atomic E-state index is 13.4. The zero-order chi connectivity index (χ0) is 29.8. The Balaban J connectivity index is 1.13. The largest absolute Gasteiger partial charge is 0.394 e. The van der Waals surface area contributed by atoms with Crippen LogP contribution in [0.25, 0.3) is 10.8 Å². The summed E-state index contributed by atoms with van der Waals surface area (Å²) in [5.41, 5.74) is 1.58. The summed E-state index contributed by atoms with van der Waals surface area (Å²) >= 11 is 1.36. The molecule has 0 unspecified atom stereocenters. The summed E-state index contributed by atoms with van der Waals surface area (Å²) < 4.78 is 5.73. The van der Waals surface area contributed by atoms with Crippen LogP contribution in [0.1, 0.15) is 53.3 Å². The lowest BCUT2D eigenvalue weighted by atomic mass is 9.92. The smallest absolute Gasteiger partial charge is 0.261 e. The number of hydrogen-bond donors (Lipinski definition) is 5. The van der Waals surface area contributed by atoms with Gasteiger partial charge >= 0.3 is 0 Å². The predicted molar refractivity (Wildman–Crippen MR) is 161 cm³/mol. The van der Waals surface area contributed by atoms with E-state index in [0.717, 1.165) is 42.4 Å². The van der Waals surface area contributed by atoms with Gasteiger partial charge in [-0.15, -0.1) is 11.8 Å². The highest BCUT2D eigenvalue weighted by atomic mass is 32.2. The van der Waals surface area contributed by atoms with Crippen LogP contribution < -0.4 is 15.5 Å². The number of aliphatic hydroxyl groups excluding tert-OH is 3. The van der Waals surface area contributed by atoms with Crippen LogP contribution in [0, 0.1) is 0 Å². The first-order valence-electron chi connectivity index (χ1n) is 14.7. The molecule has 0 spiro atoms. The highest BCUT2D eigenvalue weighted by Gasteiger charge is 2.44. The molecule has 2 aromatic carbocycles. The van der Waals surface area contributed by atoms with Crippen molar-refractivity contribution in [1.82, 2.24) is 15.5 Å². The Bertz CT molecular complexity index is 1280. The monoisotopic (exact) mass is 600 g/mol. The fourth-order valence-corrected chi connectivity index (χ4v) is 7.24. The second-order valence-electron chi connectivity index (χ2n) is 11.1. The molecule has 5 rings (SSSR count). The Morgan fingerprint density at radius 1 is 1.02 bits per heavy atom. The number of imide groups is 1. The van der Waals surface area contributed by atoms with Crippen LogP contribution in [0.15, 0.2) is 30.3 Å². The van der Waals surface area contributed by atoms with Crippen molar-refractivity contribution in [1.29, 1.82) is 0 Å². The summed E-state index contributed by atoms with van der Waals surface area (Å²) in [7, 11) is 0. The summed E-state index contributed by atoms with van der Waals surface area (Å²) in [6.45, 7) is 4.27. The minimum Gasteiger partial charge on any atom is -0.394 e. The van der Waals surface area contributed by atoms with Crippen LogP contribution in [0.4, 0.5) is 5.69 Å². The Kier molecular flexibility index (Phi) is 10.0. The molecule has 0 aliphatic carbocycles. The van der Waals surface area contributed by atoms with Crippen molar-refractivity contribution < 1.29 is 34.4 Å². The number of aliphatic hydroxyl groups is 3. The molecular weight excluding hydrogens is 560 g/mol. The molecule has 0 radical (unpaired) electrons. The SMILES string of the molecule is CC(=O)N[C@@H]1[C@@H](O)[C@H](O)[C@@H](CO)O[C@H]1SCCNCCCN1C(=O)c2cccc3c(N4CCCCC4)ccc(c23)C1=O. The molecule has 3 amide bonds. The first kappa shape index (κ1) is 30.7. The number of thioether (sulfide) groups is 1. The number of rotatable bonds is 11. The van der Waals surface area contributed by atoms with E-state index in [1.54, 1.807) is 0 Å². The van der Waals surface area contributed by atoms with Crippen molar-refractivity contribution in [2.75, 3.05) is 50.0 Å². The van der Waals surface area contributed by atoms with Crippen molar-refractivity contribution in [3.05, 3.63) is 41.5 Å². The van der Waals surface area contributed by atoms with Gasteiger partial charge < -0.3 is 35.6 Å². The van der Waals surface area contributed by atoms with Crippen molar-refractivity contribution in [3.8, 4) is 0 Å². The van der Waals surface area contributed by atoms with Crippen LogP contribution >= 0.6 is 11.8 Å². The highest BCUT2D eigenvalue weighted by molar-refractivity contribution is 7.99. The average Bonchev–Trinajstić information content (AvgIpc) is 3.00. The number of piperidine rings is 1. The first-order chi connectivity index (χ1) is 20.3. The Morgan fingerprint density at radius 3 is 2.48 bits per heavy atom. The van der Waals surface area contributed by atoms with E-state index in [4.69, 9.17) is 4.74 Å². The number of anilines is 1. The van der Waals surface area contributed by atoms with Crippen LogP contribution in [-0.4, -0.2) is 113 Å². The number of carbonyl (C=O) groups excluding carboxylic acids is 3. The van der Waals surface area contributed by atoms with Gasteiger partial charge in [0, 0.05) is 66.4 Å². The third kappa shape index (κ3) is 6.29. The Labute approximate surface area is 249 Å². The molecule has 42 heavy (non-hydrogen) atoms. The highest BCUT2D eigenvalue weighted by Crippen LogP contribution is 2.37. The standard InChI is InChI=1S/C30H40N4O7S/c1-18(36)32-25-27(38)26(37)23(17-35)41-30(25)42-16-12-31-11-6-15-34-28(39)20-8-5-7-19-22(33-13-3-2-4-14-33)10-9-21(24(19)20)29(34)40/h5,7-10,23,25-27,30-31,35,37-38H,2-4,6,11-17H2,1H3,(H,32,36)/t23-,25-,26-,27-,30+/m1/s1. The number of carbonyl (C=O) groups is 3.